The lowest BCUT2D eigenvalue weighted by atomic mass is 9.96. The number of amides is 1. The van der Waals surface area contributed by atoms with Crippen LogP contribution in [0.5, 0.6) is 0 Å². The third-order valence-corrected chi connectivity index (χ3v) is 8.96. The molecule has 2 aromatic carbocycles. The van der Waals surface area contributed by atoms with E-state index < -0.39 is 16.1 Å². The van der Waals surface area contributed by atoms with Crippen LogP contribution in [0.1, 0.15) is 52.4 Å². The van der Waals surface area contributed by atoms with Gasteiger partial charge in [0.05, 0.1) is 4.90 Å². The number of piperidine rings is 2. The van der Waals surface area contributed by atoms with Gasteiger partial charge in [0.1, 0.15) is 6.04 Å². The molecule has 1 amide bonds. The average Bonchev–Trinajstić information content (AvgIpc) is 2.81. The fourth-order valence-electron chi connectivity index (χ4n) is 5.36. The molecule has 0 bridgehead atoms. The molecular weight excluding hydrogens is 458 g/mol. The zero-order valence-electron chi connectivity index (χ0n) is 19.5. The quantitative estimate of drug-likeness (QED) is 0.622. The van der Waals surface area contributed by atoms with Crippen LogP contribution in [0.3, 0.4) is 0 Å². The number of hydrogen-bond donors (Lipinski definition) is 1. The zero-order valence-corrected chi connectivity index (χ0v) is 21.0. The van der Waals surface area contributed by atoms with Gasteiger partial charge < -0.3 is 9.80 Å². The lowest BCUT2D eigenvalue weighted by Gasteiger charge is -2.43. The van der Waals surface area contributed by atoms with Crippen LogP contribution in [-0.2, 0) is 14.8 Å². The van der Waals surface area contributed by atoms with Crippen molar-refractivity contribution in [1.29, 1.82) is 0 Å². The number of halogens is 1. The Morgan fingerprint density at radius 2 is 1.67 bits per heavy atom. The second-order valence-corrected chi connectivity index (χ2v) is 11.4. The Labute approximate surface area is 202 Å². The van der Waals surface area contributed by atoms with Gasteiger partial charge in [-0.1, -0.05) is 37.6 Å². The minimum atomic E-state index is -3.81. The second-order valence-electron chi connectivity index (χ2n) is 9.24. The number of nitrogens with zero attached hydrogens (tertiary/aromatic N) is 2. The number of hydrogen-bond acceptors (Lipinski definition) is 4. The van der Waals surface area contributed by atoms with E-state index in [4.69, 9.17) is 11.6 Å². The van der Waals surface area contributed by atoms with Crippen molar-refractivity contribution in [2.45, 2.75) is 75.4 Å². The highest BCUT2D eigenvalue weighted by atomic mass is 35.5. The van der Waals surface area contributed by atoms with Crippen molar-refractivity contribution in [2.75, 3.05) is 19.6 Å². The molecule has 0 unspecified atom stereocenters. The van der Waals surface area contributed by atoms with Crippen molar-refractivity contribution >= 4 is 38.3 Å². The van der Waals surface area contributed by atoms with Gasteiger partial charge in [0.15, 0.2) is 0 Å². The summed E-state index contributed by atoms with van der Waals surface area (Å²) in [6.45, 7) is 7.17. The molecule has 6 nitrogen and oxygen atoms in total. The summed E-state index contributed by atoms with van der Waals surface area (Å²) >= 11 is 6.03. The minimum Gasteiger partial charge on any atom is -0.338 e. The molecule has 33 heavy (non-hydrogen) atoms. The number of benzene rings is 2. The van der Waals surface area contributed by atoms with E-state index in [0.29, 0.717) is 24.0 Å². The first-order chi connectivity index (χ1) is 15.8. The van der Waals surface area contributed by atoms with E-state index in [1.165, 1.54) is 0 Å². The molecule has 0 aromatic heterocycles. The molecule has 180 valence electrons. The third-order valence-electron chi connectivity index (χ3n) is 7.25. The zero-order chi connectivity index (χ0) is 23.6. The fraction of sp³-hybridized carbons (Fsp3) is 0.560. The molecule has 1 atom stereocenters. The minimum absolute atomic E-state index is 0.0848. The molecule has 2 saturated heterocycles. The first-order valence-electron chi connectivity index (χ1n) is 12.1. The molecule has 2 aliphatic heterocycles. The van der Waals surface area contributed by atoms with E-state index >= 15 is 0 Å². The standard InChI is InChI=1S/C25H34ClN3O3S/c1-3-21(4-2)28-14-11-22(12-15-28)29-13-5-6-24(25(29)30)27-33(31,32)23-10-8-18-16-20(26)9-7-19(18)17-23/h7-10,16-17,21-22,24,27H,3-6,11-15H2,1-2H3/t24-/m0/s1. The van der Waals surface area contributed by atoms with Gasteiger partial charge in [-0.05, 0) is 73.6 Å². The van der Waals surface area contributed by atoms with E-state index in [9.17, 15) is 13.2 Å². The summed E-state index contributed by atoms with van der Waals surface area (Å²) in [5, 5.41) is 2.28. The molecule has 0 radical (unpaired) electrons. The Hall–Kier alpha value is -1.67. The monoisotopic (exact) mass is 491 g/mol. The van der Waals surface area contributed by atoms with Crippen LogP contribution >= 0.6 is 11.6 Å². The van der Waals surface area contributed by atoms with Crippen LogP contribution in [0.25, 0.3) is 10.8 Å². The van der Waals surface area contributed by atoms with Crippen LogP contribution in [0, 0.1) is 0 Å². The van der Waals surface area contributed by atoms with Gasteiger partial charge in [-0.25, -0.2) is 8.42 Å². The van der Waals surface area contributed by atoms with Gasteiger partial charge in [0, 0.05) is 36.7 Å². The maximum Gasteiger partial charge on any atom is 0.241 e. The topological polar surface area (TPSA) is 69.7 Å². The number of nitrogens with one attached hydrogen (secondary N) is 1. The van der Waals surface area contributed by atoms with Gasteiger partial charge >= 0.3 is 0 Å². The summed E-state index contributed by atoms with van der Waals surface area (Å²) < 4.78 is 28.9. The molecule has 2 aliphatic rings. The van der Waals surface area contributed by atoms with Crippen molar-refractivity contribution in [1.82, 2.24) is 14.5 Å². The van der Waals surface area contributed by atoms with E-state index in [0.717, 1.165) is 56.0 Å². The molecule has 2 aromatic rings. The van der Waals surface area contributed by atoms with Gasteiger partial charge in [-0.2, -0.15) is 4.72 Å². The van der Waals surface area contributed by atoms with Crippen molar-refractivity contribution in [3.05, 3.63) is 41.4 Å². The van der Waals surface area contributed by atoms with Crippen LogP contribution in [0.15, 0.2) is 41.3 Å². The van der Waals surface area contributed by atoms with Crippen LogP contribution < -0.4 is 4.72 Å². The van der Waals surface area contributed by atoms with E-state index in [1.54, 1.807) is 36.4 Å². The number of rotatable bonds is 7. The summed E-state index contributed by atoms with van der Waals surface area (Å²) in [4.78, 5) is 17.9. The Morgan fingerprint density at radius 1 is 1.00 bits per heavy atom. The normalized spacial score (nSPS) is 21.3. The van der Waals surface area contributed by atoms with E-state index in [2.05, 4.69) is 23.5 Å². The van der Waals surface area contributed by atoms with Crippen molar-refractivity contribution < 1.29 is 13.2 Å². The number of carbonyl (C=O) groups excluding carboxylic acids is 1. The molecule has 2 heterocycles. The predicted octanol–water partition coefficient (Wildman–Crippen LogP) is 4.42. The SMILES string of the molecule is CCC(CC)N1CCC(N2CCC[C@H](NS(=O)(=O)c3ccc4cc(Cl)ccc4c3)C2=O)CC1. The van der Waals surface area contributed by atoms with Crippen LogP contribution in [-0.4, -0.2) is 61.9 Å². The summed E-state index contributed by atoms with van der Waals surface area (Å²) in [7, 11) is -3.81. The lowest BCUT2D eigenvalue weighted by molar-refractivity contribution is -0.139. The first-order valence-corrected chi connectivity index (χ1v) is 13.9. The fourth-order valence-corrected chi connectivity index (χ4v) is 6.80. The third kappa shape index (κ3) is 5.37. The molecule has 0 spiro atoms. The smallest absolute Gasteiger partial charge is 0.241 e. The maximum atomic E-state index is 13.3. The molecule has 4 rings (SSSR count). The summed E-state index contributed by atoms with van der Waals surface area (Å²) in [5.41, 5.74) is 0. The predicted molar refractivity (Wildman–Crippen MR) is 133 cm³/mol. The van der Waals surface area contributed by atoms with E-state index in [-0.39, 0.29) is 16.8 Å². The van der Waals surface area contributed by atoms with Crippen LogP contribution in [0.2, 0.25) is 5.02 Å². The first kappa shape index (κ1) is 24.5. The molecule has 2 fully saturated rings. The maximum absolute atomic E-state index is 13.3. The van der Waals surface area contributed by atoms with Crippen molar-refractivity contribution in [3.8, 4) is 0 Å². The van der Waals surface area contributed by atoms with E-state index in [1.807, 2.05) is 4.90 Å². The Balaban J connectivity index is 1.43. The highest BCUT2D eigenvalue weighted by Gasteiger charge is 2.37. The molecule has 1 N–H and O–H groups in total. The van der Waals surface area contributed by atoms with Crippen molar-refractivity contribution in [3.63, 3.8) is 0 Å². The molecular formula is C25H34ClN3O3S. The highest BCUT2D eigenvalue weighted by Crippen LogP contribution is 2.26. The summed E-state index contributed by atoms with van der Waals surface area (Å²) in [5.74, 6) is -0.0848. The molecule has 0 saturated carbocycles. The summed E-state index contributed by atoms with van der Waals surface area (Å²) in [6.07, 6.45) is 5.54. The number of sulfonamides is 1. The Kier molecular flexibility index (Phi) is 7.63. The van der Waals surface area contributed by atoms with Gasteiger partial charge in [-0.15, -0.1) is 0 Å². The largest absolute Gasteiger partial charge is 0.338 e. The highest BCUT2D eigenvalue weighted by molar-refractivity contribution is 7.89. The number of fused-ring (bicyclic) bond motifs is 1. The number of likely N-dealkylation sites (tertiary alicyclic amines) is 2. The second kappa shape index (κ2) is 10.3. The Bertz CT molecular complexity index is 1100. The average molecular weight is 492 g/mol. The lowest BCUT2D eigenvalue weighted by Crippen LogP contribution is -2.57. The number of carbonyl (C=O) groups is 1. The summed E-state index contributed by atoms with van der Waals surface area (Å²) in [6, 6.07) is 10.4. The van der Waals surface area contributed by atoms with Crippen LogP contribution in [0.4, 0.5) is 0 Å². The van der Waals surface area contributed by atoms with Gasteiger partial charge in [0.2, 0.25) is 15.9 Å². The van der Waals surface area contributed by atoms with Gasteiger partial charge in [0.25, 0.3) is 0 Å². The molecule has 8 heteroatoms. The van der Waals surface area contributed by atoms with Gasteiger partial charge in [-0.3, -0.25) is 4.79 Å². The molecule has 0 aliphatic carbocycles. The van der Waals surface area contributed by atoms with Crippen molar-refractivity contribution in [2.24, 2.45) is 0 Å². The Morgan fingerprint density at radius 3 is 2.36 bits per heavy atom.